The van der Waals surface area contributed by atoms with Crippen molar-refractivity contribution < 1.29 is 27.4 Å². The molecule has 10 heteroatoms. The smallest absolute Gasteiger partial charge is 0.416 e. The third-order valence-corrected chi connectivity index (χ3v) is 8.82. The summed E-state index contributed by atoms with van der Waals surface area (Å²) in [5.74, 6) is 0.881. The first-order valence-electron chi connectivity index (χ1n) is 11.9. The summed E-state index contributed by atoms with van der Waals surface area (Å²) in [4.78, 5) is 20.0. The zero-order valence-electron chi connectivity index (χ0n) is 21.0. The highest BCUT2D eigenvalue weighted by atomic mass is 32.2. The van der Waals surface area contributed by atoms with Crippen molar-refractivity contribution >= 4 is 40.4 Å². The molecule has 0 amide bonds. The summed E-state index contributed by atoms with van der Waals surface area (Å²) < 4.78 is 49.8. The molecule has 1 atom stereocenters. The second-order valence-electron chi connectivity index (χ2n) is 8.45. The second-order valence-corrected chi connectivity index (χ2v) is 11.6. The number of esters is 1. The van der Waals surface area contributed by atoms with E-state index in [2.05, 4.69) is 6.07 Å². The molecule has 2 aromatic heterocycles. The van der Waals surface area contributed by atoms with Crippen LogP contribution in [0.15, 0.2) is 64.9 Å². The summed E-state index contributed by atoms with van der Waals surface area (Å²) in [5, 5.41) is 2.72. The lowest BCUT2D eigenvalue weighted by Crippen LogP contribution is -2.26. The molecule has 4 nitrogen and oxygen atoms in total. The number of benzene rings is 2. The van der Waals surface area contributed by atoms with E-state index >= 15 is 0 Å². The van der Waals surface area contributed by atoms with Crippen molar-refractivity contribution in [1.29, 1.82) is 0 Å². The lowest BCUT2D eigenvalue weighted by Gasteiger charge is -2.15. The second kappa shape index (κ2) is 12.4. The van der Waals surface area contributed by atoms with Gasteiger partial charge in [-0.25, -0.2) is 9.78 Å². The third kappa shape index (κ3) is 7.18. The standard InChI is InChI=1S/C28H26F3NO3S3/c1-4-34-27(33)18(3)35-24-12-11-22(14-17(24)2)37-16-25-23(15-21-6-5-13-36-21)32-26(38-25)19-7-9-20(10-8-19)28(29,30)31/h5-14,18H,4,15-16H2,1-3H3. The zero-order chi connectivity index (χ0) is 27.3. The van der Waals surface area contributed by atoms with Gasteiger partial charge in [0.25, 0.3) is 0 Å². The van der Waals surface area contributed by atoms with Gasteiger partial charge in [0.1, 0.15) is 10.8 Å². The molecule has 2 aromatic carbocycles. The number of aryl methyl sites for hydroxylation is 1. The number of aromatic nitrogens is 1. The van der Waals surface area contributed by atoms with Crippen LogP contribution in [-0.4, -0.2) is 23.7 Å². The van der Waals surface area contributed by atoms with E-state index in [9.17, 15) is 18.0 Å². The molecule has 4 aromatic rings. The van der Waals surface area contributed by atoms with Gasteiger partial charge in [-0.2, -0.15) is 13.2 Å². The average molecular weight is 578 g/mol. The van der Waals surface area contributed by atoms with Crippen LogP contribution in [0.2, 0.25) is 0 Å². The summed E-state index contributed by atoms with van der Waals surface area (Å²) in [6, 6.07) is 15.0. The zero-order valence-corrected chi connectivity index (χ0v) is 23.5. The van der Waals surface area contributed by atoms with Crippen LogP contribution in [0.1, 0.15) is 40.4 Å². The number of thiazole rings is 1. The molecule has 0 bridgehead atoms. The fraction of sp³-hybridized carbons (Fsp3) is 0.286. The highest BCUT2D eigenvalue weighted by Crippen LogP contribution is 2.37. The Hall–Kier alpha value is -2.82. The molecular formula is C28H26F3NO3S3. The number of thiophene rings is 1. The number of hydrogen-bond acceptors (Lipinski definition) is 7. The molecule has 200 valence electrons. The molecule has 0 aliphatic carbocycles. The molecular weight excluding hydrogens is 552 g/mol. The van der Waals surface area contributed by atoms with Crippen LogP contribution >= 0.6 is 34.4 Å². The van der Waals surface area contributed by atoms with E-state index in [-0.39, 0.29) is 0 Å². The fourth-order valence-corrected chi connectivity index (χ4v) is 6.52. The van der Waals surface area contributed by atoms with Gasteiger partial charge in [0, 0.05) is 32.4 Å². The Morgan fingerprint density at radius 1 is 1.13 bits per heavy atom. The molecule has 0 saturated carbocycles. The Morgan fingerprint density at radius 2 is 1.89 bits per heavy atom. The molecule has 0 aliphatic heterocycles. The van der Waals surface area contributed by atoms with E-state index in [0.29, 0.717) is 35.1 Å². The van der Waals surface area contributed by atoms with Gasteiger partial charge in [0.15, 0.2) is 6.10 Å². The van der Waals surface area contributed by atoms with Crippen molar-refractivity contribution in [2.24, 2.45) is 0 Å². The summed E-state index contributed by atoms with van der Waals surface area (Å²) >= 11 is 4.80. The minimum absolute atomic E-state index is 0.299. The first kappa shape index (κ1) is 28.2. The van der Waals surface area contributed by atoms with Crippen LogP contribution in [0.5, 0.6) is 5.75 Å². The summed E-state index contributed by atoms with van der Waals surface area (Å²) in [7, 11) is 0. The quantitative estimate of drug-likeness (QED) is 0.140. The van der Waals surface area contributed by atoms with Crippen LogP contribution in [0.25, 0.3) is 10.6 Å². The first-order valence-corrected chi connectivity index (χ1v) is 14.6. The highest BCUT2D eigenvalue weighted by Gasteiger charge is 2.30. The van der Waals surface area contributed by atoms with Gasteiger partial charge in [-0.15, -0.1) is 34.4 Å². The number of hydrogen-bond donors (Lipinski definition) is 0. The van der Waals surface area contributed by atoms with Crippen molar-refractivity contribution in [3.63, 3.8) is 0 Å². The van der Waals surface area contributed by atoms with Crippen molar-refractivity contribution in [2.45, 2.75) is 50.1 Å². The van der Waals surface area contributed by atoms with Crippen LogP contribution in [0.4, 0.5) is 13.2 Å². The molecule has 0 spiro atoms. The largest absolute Gasteiger partial charge is 0.479 e. The molecule has 2 heterocycles. The van der Waals surface area contributed by atoms with Gasteiger partial charge in [-0.3, -0.25) is 0 Å². The van der Waals surface area contributed by atoms with Gasteiger partial charge in [0.05, 0.1) is 17.9 Å². The molecule has 0 saturated heterocycles. The highest BCUT2D eigenvalue weighted by molar-refractivity contribution is 7.98. The van der Waals surface area contributed by atoms with Gasteiger partial charge in [0.2, 0.25) is 0 Å². The Morgan fingerprint density at radius 3 is 2.53 bits per heavy atom. The Kier molecular flexibility index (Phi) is 9.17. The summed E-state index contributed by atoms with van der Waals surface area (Å²) in [6.07, 6.45) is -4.40. The number of alkyl halides is 3. The summed E-state index contributed by atoms with van der Waals surface area (Å²) in [5.41, 5.74) is 1.83. The normalized spacial score (nSPS) is 12.4. The van der Waals surface area contributed by atoms with Gasteiger partial charge >= 0.3 is 12.1 Å². The van der Waals surface area contributed by atoms with Crippen molar-refractivity contribution in [1.82, 2.24) is 4.98 Å². The van der Waals surface area contributed by atoms with E-state index in [1.54, 1.807) is 36.9 Å². The SMILES string of the molecule is CCOC(=O)C(C)Oc1ccc(SCc2sc(-c3ccc(C(F)(F)F)cc3)nc2Cc2cccs2)cc1C. The Balaban J connectivity index is 1.51. The van der Waals surface area contributed by atoms with Gasteiger partial charge < -0.3 is 9.47 Å². The lowest BCUT2D eigenvalue weighted by atomic mass is 10.1. The number of carbonyl (C=O) groups excluding carboxylic acids is 1. The maximum absolute atomic E-state index is 13.0. The minimum Gasteiger partial charge on any atom is -0.479 e. The number of carbonyl (C=O) groups is 1. The number of thioether (sulfide) groups is 1. The number of rotatable bonds is 10. The lowest BCUT2D eigenvalue weighted by molar-refractivity contribution is -0.150. The molecule has 0 fully saturated rings. The van der Waals surface area contributed by atoms with E-state index < -0.39 is 23.8 Å². The van der Waals surface area contributed by atoms with Crippen LogP contribution in [-0.2, 0) is 27.9 Å². The van der Waals surface area contributed by atoms with Gasteiger partial charge in [-0.1, -0.05) is 18.2 Å². The van der Waals surface area contributed by atoms with Crippen LogP contribution in [0, 0.1) is 6.92 Å². The van der Waals surface area contributed by atoms with E-state index in [0.717, 1.165) is 33.2 Å². The molecule has 0 radical (unpaired) electrons. The monoisotopic (exact) mass is 577 g/mol. The number of halogens is 3. The molecule has 0 aliphatic rings. The van der Waals surface area contributed by atoms with Crippen LogP contribution in [0.3, 0.4) is 0 Å². The third-order valence-electron chi connectivity index (χ3n) is 5.60. The molecule has 4 rings (SSSR count). The number of nitrogens with zero attached hydrogens (tertiary/aromatic N) is 1. The maximum atomic E-state index is 13.0. The van der Waals surface area contributed by atoms with Crippen molar-refractivity contribution in [2.75, 3.05) is 6.61 Å². The summed E-state index contributed by atoms with van der Waals surface area (Å²) in [6.45, 7) is 5.64. The Bertz CT molecular complexity index is 1370. The topological polar surface area (TPSA) is 48.4 Å². The van der Waals surface area contributed by atoms with Gasteiger partial charge in [-0.05, 0) is 68.1 Å². The van der Waals surface area contributed by atoms with Crippen molar-refractivity contribution in [3.05, 3.63) is 86.6 Å². The van der Waals surface area contributed by atoms with Crippen LogP contribution < -0.4 is 4.74 Å². The maximum Gasteiger partial charge on any atom is 0.416 e. The predicted molar refractivity (Wildman–Crippen MR) is 147 cm³/mol. The van der Waals surface area contributed by atoms with E-state index in [1.807, 2.05) is 36.6 Å². The predicted octanol–water partition coefficient (Wildman–Crippen LogP) is 8.41. The Labute approximate surface area is 231 Å². The van der Waals surface area contributed by atoms with E-state index in [1.165, 1.54) is 28.3 Å². The minimum atomic E-state index is -4.37. The average Bonchev–Trinajstić information content (AvgIpc) is 3.54. The fourth-order valence-electron chi connectivity index (χ4n) is 3.63. The first-order chi connectivity index (χ1) is 18.1. The molecule has 38 heavy (non-hydrogen) atoms. The molecule has 0 N–H and O–H groups in total. The van der Waals surface area contributed by atoms with E-state index in [4.69, 9.17) is 14.5 Å². The number of ether oxygens (including phenoxy) is 2. The van der Waals surface area contributed by atoms with Crippen molar-refractivity contribution in [3.8, 4) is 16.3 Å². The molecule has 1 unspecified atom stereocenters.